The van der Waals surface area contributed by atoms with Gasteiger partial charge in [0.2, 0.25) is 0 Å². The fraction of sp³-hybridized carbons (Fsp3) is 0.421. The maximum Gasteiger partial charge on any atom is 0.328 e. The Morgan fingerprint density at radius 1 is 1.12 bits per heavy atom. The molecule has 0 bridgehead atoms. The molecule has 0 radical (unpaired) electrons. The lowest BCUT2D eigenvalue weighted by molar-refractivity contribution is -0.140. The van der Waals surface area contributed by atoms with Gasteiger partial charge in [0.25, 0.3) is 5.91 Å². The van der Waals surface area contributed by atoms with Gasteiger partial charge in [0.15, 0.2) is 0 Å². The minimum atomic E-state index is -0.994. The first kappa shape index (κ1) is 18.7. The highest BCUT2D eigenvalue weighted by Crippen LogP contribution is 2.21. The minimum absolute atomic E-state index is 0.115. The summed E-state index contributed by atoms with van der Waals surface area (Å²) in [5, 5.41) is 16.1. The van der Waals surface area contributed by atoms with E-state index in [1.54, 1.807) is 0 Å². The van der Waals surface area contributed by atoms with Crippen molar-refractivity contribution in [1.29, 1.82) is 0 Å². The van der Waals surface area contributed by atoms with Gasteiger partial charge in [0, 0.05) is 6.20 Å². The number of hydrogen-bond donors (Lipinski definition) is 2. The lowest BCUT2D eigenvalue weighted by Crippen LogP contribution is -2.29. The SMILES string of the molecule is CCC(NC(=O)c1ccn(C(C)C(=O)O)n1)c1ccc(C(C)C)cc1. The van der Waals surface area contributed by atoms with Gasteiger partial charge in [-0.15, -0.1) is 0 Å². The summed E-state index contributed by atoms with van der Waals surface area (Å²) >= 11 is 0. The number of nitrogens with zero attached hydrogens (tertiary/aromatic N) is 2. The van der Waals surface area contributed by atoms with Crippen LogP contribution in [0.2, 0.25) is 0 Å². The summed E-state index contributed by atoms with van der Waals surface area (Å²) in [6.07, 6.45) is 2.26. The molecule has 1 heterocycles. The number of carboxylic acid groups (broad SMARTS) is 1. The summed E-state index contributed by atoms with van der Waals surface area (Å²) in [5.41, 5.74) is 2.51. The van der Waals surface area contributed by atoms with Gasteiger partial charge < -0.3 is 10.4 Å². The number of nitrogens with one attached hydrogen (secondary N) is 1. The van der Waals surface area contributed by atoms with Gasteiger partial charge in [-0.3, -0.25) is 9.48 Å². The lowest BCUT2D eigenvalue weighted by atomic mass is 9.98. The second-order valence-corrected chi connectivity index (χ2v) is 6.45. The highest BCUT2D eigenvalue weighted by Gasteiger charge is 2.19. The molecule has 0 fully saturated rings. The highest BCUT2D eigenvalue weighted by molar-refractivity contribution is 5.92. The third kappa shape index (κ3) is 4.47. The van der Waals surface area contributed by atoms with Crippen molar-refractivity contribution in [3.8, 4) is 0 Å². The predicted octanol–water partition coefficient (Wildman–Crippen LogP) is 3.53. The maximum absolute atomic E-state index is 12.4. The molecule has 0 aliphatic carbocycles. The van der Waals surface area contributed by atoms with Crippen molar-refractivity contribution in [2.24, 2.45) is 0 Å². The number of aliphatic carboxylic acids is 1. The molecule has 0 spiro atoms. The van der Waals surface area contributed by atoms with Crippen molar-refractivity contribution in [2.45, 2.75) is 52.1 Å². The zero-order chi connectivity index (χ0) is 18.6. The van der Waals surface area contributed by atoms with Crippen molar-refractivity contribution in [3.05, 3.63) is 53.3 Å². The fourth-order valence-electron chi connectivity index (χ4n) is 2.55. The Balaban J connectivity index is 2.10. The standard InChI is InChI=1S/C19H25N3O3/c1-5-16(15-8-6-14(7-9-15)12(2)3)20-18(23)17-10-11-22(21-17)13(4)19(24)25/h6-13,16H,5H2,1-4H3,(H,20,23)(H,24,25). The Morgan fingerprint density at radius 3 is 2.24 bits per heavy atom. The van der Waals surface area contributed by atoms with Gasteiger partial charge in [-0.25, -0.2) is 4.79 Å². The molecule has 2 aromatic rings. The van der Waals surface area contributed by atoms with E-state index in [0.717, 1.165) is 12.0 Å². The minimum Gasteiger partial charge on any atom is -0.480 e. The van der Waals surface area contributed by atoms with Gasteiger partial charge >= 0.3 is 5.97 Å². The van der Waals surface area contributed by atoms with Crippen molar-refractivity contribution >= 4 is 11.9 Å². The van der Waals surface area contributed by atoms with Crippen LogP contribution in [0.15, 0.2) is 36.5 Å². The van der Waals surface area contributed by atoms with Crippen molar-refractivity contribution in [3.63, 3.8) is 0 Å². The molecule has 2 rings (SSSR count). The lowest BCUT2D eigenvalue weighted by Gasteiger charge is -2.18. The Hall–Kier alpha value is -2.63. The molecular weight excluding hydrogens is 318 g/mol. The second kappa shape index (κ2) is 7.96. The van der Waals surface area contributed by atoms with Crippen molar-refractivity contribution < 1.29 is 14.7 Å². The summed E-state index contributed by atoms with van der Waals surface area (Å²) in [6, 6.07) is 8.84. The van der Waals surface area contributed by atoms with Gasteiger partial charge in [0.1, 0.15) is 11.7 Å². The molecule has 25 heavy (non-hydrogen) atoms. The topological polar surface area (TPSA) is 84.2 Å². The monoisotopic (exact) mass is 343 g/mol. The molecule has 2 unspecified atom stereocenters. The maximum atomic E-state index is 12.4. The molecule has 0 aliphatic heterocycles. The number of hydrogen-bond acceptors (Lipinski definition) is 3. The van der Waals surface area contributed by atoms with Crippen molar-refractivity contribution in [2.75, 3.05) is 0 Å². The molecule has 6 heteroatoms. The van der Waals surface area contributed by atoms with Crippen LogP contribution in [-0.4, -0.2) is 26.8 Å². The van der Waals surface area contributed by atoms with Gasteiger partial charge in [-0.2, -0.15) is 5.10 Å². The summed E-state index contributed by atoms with van der Waals surface area (Å²) in [6.45, 7) is 7.81. The number of carboxylic acids is 1. The quantitative estimate of drug-likeness (QED) is 0.805. The van der Waals surface area contributed by atoms with E-state index >= 15 is 0 Å². The molecule has 1 aromatic carbocycles. The Bertz CT molecular complexity index is 735. The first-order valence-electron chi connectivity index (χ1n) is 8.52. The smallest absolute Gasteiger partial charge is 0.328 e. The Labute approximate surface area is 147 Å². The number of aromatic nitrogens is 2. The van der Waals surface area contributed by atoms with E-state index in [4.69, 9.17) is 5.11 Å². The molecule has 1 amide bonds. The third-order valence-electron chi connectivity index (χ3n) is 4.31. The largest absolute Gasteiger partial charge is 0.480 e. The molecule has 6 nitrogen and oxygen atoms in total. The third-order valence-corrected chi connectivity index (χ3v) is 4.31. The van der Waals surface area contributed by atoms with Crippen LogP contribution in [0.25, 0.3) is 0 Å². The first-order chi connectivity index (χ1) is 11.8. The van der Waals surface area contributed by atoms with Crippen molar-refractivity contribution in [1.82, 2.24) is 15.1 Å². The van der Waals surface area contributed by atoms with Gasteiger partial charge in [0.05, 0.1) is 6.04 Å². The number of amides is 1. The number of carbonyl (C=O) groups is 2. The van der Waals surface area contributed by atoms with Crippen LogP contribution in [0, 0.1) is 0 Å². The van der Waals surface area contributed by atoms with Crippen LogP contribution in [0.3, 0.4) is 0 Å². The second-order valence-electron chi connectivity index (χ2n) is 6.45. The van der Waals surface area contributed by atoms with E-state index in [1.807, 2.05) is 19.1 Å². The predicted molar refractivity (Wildman–Crippen MR) is 95.6 cm³/mol. The summed E-state index contributed by atoms with van der Waals surface area (Å²) in [4.78, 5) is 23.4. The zero-order valence-corrected chi connectivity index (χ0v) is 15.1. The summed E-state index contributed by atoms with van der Waals surface area (Å²) < 4.78 is 1.27. The van der Waals surface area contributed by atoms with Crippen LogP contribution < -0.4 is 5.32 Å². The molecular formula is C19H25N3O3. The van der Waals surface area contributed by atoms with E-state index in [-0.39, 0.29) is 17.6 Å². The van der Waals surface area contributed by atoms with Crippen LogP contribution in [0.5, 0.6) is 0 Å². The molecule has 2 atom stereocenters. The van der Waals surface area contributed by atoms with Crippen LogP contribution >= 0.6 is 0 Å². The Morgan fingerprint density at radius 2 is 1.72 bits per heavy atom. The van der Waals surface area contributed by atoms with Crippen LogP contribution in [0.4, 0.5) is 0 Å². The van der Waals surface area contributed by atoms with Gasteiger partial charge in [-0.1, -0.05) is 45.0 Å². The molecule has 0 saturated carbocycles. The normalized spacial score (nSPS) is 13.5. The molecule has 134 valence electrons. The Kier molecular flexibility index (Phi) is 5.96. The van der Waals surface area contributed by atoms with Crippen LogP contribution in [-0.2, 0) is 4.79 Å². The summed E-state index contributed by atoms with van der Waals surface area (Å²) in [5.74, 6) is -0.841. The number of benzene rings is 1. The first-order valence-corrected chi connectivity index (χ1v) is 8.52. The van der Waals surface area contributed by atoms with E-state index in [2.05, 4.69) is 36.4 Å². The van der Waals surface area contributed by atoms with E-state index in [9.17, 15) is 9.59 Å². The van der Waals surface area contributed by atoms with E-state index in [0.29, 0.717) is 5.92 Å². The molecule has 0 aliphatic rings. The average Bonchev–Trinajstić information content (AvgIpc) is 3.08. The number of carbonyl (C=O) groups excluding carboxylic acids is 1. The zero-order valence-electron chi connectivity index (χ0n) is 15.1. The fourth-order valence-corrected chi connectivity index (χ4v) is 2.55. The molecule has 2 N–H and O–H groups in total. The number of rotatable bonds is 7. The molecule has 0 saturated heterocycles. The highest BCUT2D eigenvalue weighted by atomic mass is 16.4. The summed E-state index contributed by atoms with van der Waals surface area (Å²) in [7, 11) is 0. The van der Waals surface area contributed by atoms with E-state index < -0.39 is 12.0 Å². The average molecular weight is 343 g/mol. The molecule has 1 aromatic heterocycles. The van der Waals surface area contributed by atoms with Gasteiger partial charge in [-0.05, 0) is 36.5 Å². The van der Waals surface area contributed by atoms with Crippen LogP contribution in [0.1, 0.15) is 73.7 Å². The van der Waals surface area contributed by atoms with E-state index in [1.165, 1.54) is 29.4 Å².